The van der Waals surface area contributed by atoms with E-state index in [2.05, 4.69) is 5.10 Å². The smallest absolute Gasteiger partial charge is 0.315 e. The number of nitro groups is 1. The van der Waals surface area contributed by atoms with Gasteiger partial charge in [0.25, 0.3) is 11.8 Å². The number of methoxy groups -OCH3 is 1. The maximum atomic E-state index is 12.7. The average molecular weight is 385 g/mol. The number of hydrazone groups is 1. The first-order valence-corrected chi connectivity index (χ1v) is 9.05. The molecule has 0 N–H and O–H groups in total. The number of allylic oxidation sites excluding steroid dienone is 2. The van der Waals surface area contributed by atoms with Crippen molar-refractivity contribution in [2.24, 2.45) is 28.8 Å². The summed E-state index contributed by atoms with van der Waals surface area (Å²) in [5.41, 5.74) is 0.0443. The highest BCUT2D eigenvalue weighted by Gasteiger charge is 2.59. The summed E-state index contributed by atoms with van der Waals surface area (Å²) in [6.45, 7) is 2.03. The number of nitrogens with zero attached hydrogens (tertiary/aromatic N) is 3. The van der Waals surface area contributed by atoms with Crippen molar-refractivity contribution in [3.63, 3.8) is 0 Å². The monoisotopic (exact) mass is 385 g/mol. The Kier molecular flexibility index (Phi) is 4.37. The standard InChI is InChI=1S/C19H19N3O6/c1-3-28-14-7-10(6-13(22(25)26)17(14)27-2)9-20-21-18(23)15-11-4-5-12(8-11)16(15)19(21)24/h4-7,9,11-12,15-16H,3,8H2,1-2H3. The fourth-order valence-electron chi connectivity index (χ4n) is 4.41. The molecular formula is C19H19N3O6. The summed E-state index contributed by atoms with van der Waals surface area (Å²) in [5, 5.41) is 16.3. The average Bonchev–Trinajstić information content (AvgIpc) is 3.34. The lowest BCUT2D eigenvalue weighted by Gasteiger charge is -2.13. The van der Waals surface area contributed by atoms with Crippen LogP contribution >= 0.6 is 0 Å². The molecule has 4 atom stereocenters. The number of hydrogen-bond donors (Lipinski definition) is 0. The maximum Gasteiger partial charge on any atom is 0.315 e. The minimum Gasteiger partial charge on any atom is -0.490 e. The molecule has 4 rings (SSSR count). The molecule has 2 aliphatic carbocycles. The van der Waals surface area contributed by atoms with Crippen LogP contribution in [0.5, 0.6) is 11.5 Å². The molecule has 1 saturated carbocycles. The number of carbonyl (C=O) groups is 2. The van der Waals surface area contributed by atoms with Crippen molar-refractivity contribution in [2.75, 3.05) is 13.7 Å². The number of ether oxygens (including phenoxy) is 2. The van der Waals surface area contributed by atoms with Gasteiger partial charge in [0.05, 0.1) is 36.7 Å². The molecule has 9 nitrogen and oxygen atoms in total. The van der Waals surface area contributed by atoms with E-state index in [-0.39, 0.29) is 59.3 Å². The fourth-order valence-corrected chi connectivity index (χ4v) is 4.41. The molecule has 2 fully saturated rings. The molecule has 3 aliphatic rings. The predicted molar refractivity (Wildman–Crippen MR) is 98.0 cm³/mol. The van der Waals surface area contributed by atoms with Crippen LogP contribution in [0.25, 0.3) is 0 Å². The van der Waals surface area contributed by atoms with Gasteiger partial charge in [0.15, 0.2) is 5.75 Å². The van der Waals surface area contributed by atoms with E-state index in [9.17, 15) is 19.7 Å². The number of benzene rings is 1. The molecule has 146 valence electrons. The second-order valence-corrected chi connectivity index (χ2v) is 6.99. The summed E-state index contributed by atoms with van der Waals surface area (Å²) in [7, 11) is 1.32. The van der Waals surface area contributed by atoms with Crippen LogP contribution in [0.3, 0.4) is 0 Å². The first-order chi connectivity index (χ1) is 13.5. The lowest BCUT2D eigenvalue weighted by atomic mass is 9.85. The van der Waals surface area contributed by atoms with Crippen LogP contribution in [0.1, 0.15) is 18.9 Å². The van der Waals surface area contributed by atoms with Crippen molar-refractivity contribution in [1.82, 2.24) is 5.01 Å². The molecule has 1 aromatic rings. The molecular weight excluding hydrogens is 366 g/mol. The minimum absolute atomic E-state index is 0.00880. The summed E-state index contributed by atoms with van der Waals surface area (Å²) in [6, 6.07) is 2.79. The van der Waals surface area contributed by atoms with Gasteiger partial charge in [0.1, 0.15) is 0 Å². The van der Waals surface area contributed by atoms with Crippen molar-refractivity contribution in [2.45, 2.75) is 13.3 Å². The lowest BCUT2D eigenvalue weighted by molar-refractivity contribution is -0.385. The largest absolute Gasteiger partial charge is 0.490 e. The number of hydrogen-bond acceptors (Lipinski definition) is 7. The molecule has 1 saturated heterocycles. The van der Waals surface area contributed by atoms with E-state index < -0.39 is 4.92 Å². The van der Waals surface area contributed by atoms with Crippen molar-refractivity contribution < 1.29 is 24.0 Å². The quantitative estimate of drug-likeness (QED) is 0.244. The summed E-state index contributed by atoms with van der Waals surface area (Å²) in [6.07, 6.45) is 6.12. The van der Waals surface area contributed by atoms with E-state index in [1.807, 2.05) is 12.2 Å². The van der Waals surface area contributed by atoms with Gasteiger partial charge in [-0.2, -0.15) is 10.1 Å². The third-order valence-electron chi connectivity index (χ3n) is 5.53. The van der Waals surface area contributed by atoms with Gasteiger partial charge in [-0.15, -0.1) is 0 Å². The lowest BCUT2D eigenvalue weighted by Crippen LogP contribution is -2.28. The Labute approximate surface area is 160 Å². The number of rotatable bonds is 6. The summed E-state index contributed by atoms with van der Waals surface area (Å²) >= 11 is 0. The van der Waals surface area contributed by atoms with Gasteiger partial charge in [0.2, 0.25) is 5.75 Å². The first-order valence-electron chi connectivity index (χ1n) is 9.05. The molecule has 1 heterocycles. The SMILES string of the molecule is CCOc1cc(C=NN2C(=O)C3C4C=CC(C4)C3C2=O)cc([N+](=O)[O-])c1OC. The number of nitro benzene ring substituents is 1. The molecule has 0 aromatic heterocycles. The Morgan fingerprint density at radius 2 is 1.89 bits per heavy atom. The van der Waals surface area contributed by atoms with Gasteiger partial charge in [-0.1, -0.05) is 12.2 Å². The normalized spacial score (nSPS) is 27.7. The minimum atomic E-state index is -0.585. The highest BCUT2D eigenvalue weighted by Crippen LogP contribution is 2.52. The van der Waals surface area contributed by atoms with Gasteiger partial charge < -0.3 is 9.47 Å². The molecule has 2 bridgehead atoms. The van der Waals surface area contributed by atoms with Gasteiger partial charge in [0, 0.05) is 11.6 Å². The zero-order valence-corrected chi connectivity index (χ0v) is 15.4. The van der Waals surface area contributed by atoms with Crippen LogP contribution < -0.4 is 9.47 Å². The Morgan fingerprint density at radius 1 is 1.25 bits per heavy atom. The van der Waals surface area contributed by atoms with E-state index in [1.165, 1.54) is 25.5 Å². The van der Waals surface area contributed by atoms with Crippen LogP contribution in [0.2, 0.25) is 0 Å². The van der Waals surface area contributed by atoms with Crippen LogP contribution in [0.15, 0.2) is 29.4 Å². The Hall–Kier alpha value is -3.23. The Morgan fingerprint density at radius 3 is 2.43 bits per heavy atom. The molecule has 0 spiro atoms. The number of imide groups is 1. The summed E-state index contributed by atoms with van der Waals surface area (Å²) < 4.78 is 10.5. The van der Waals surface area contributed by atoms with Crippen LogP contribution in [0.4, 0.5) is 5.69 Å². The molecule has 28 heavy (non-hydrogen) atoms. The summed E-state index contributed by atoms with van der Waals surface area (Å²) in [5.74, 6) is -0.912. The maximum absolute atomic E-state index is 12.7. The van der Waals surface area contributed by atoms with Crippen molar-refractivity contribution in [3.05, 3.63) is 40.0 Å². The van der Waals surface area contributed by atoms with Crippen LogP contribution in [-0.4, -0.2) is 41.7 Å². The fraction of sp³-hybridized carbons (Fsp3) is 0.421. The van der Waals surface area contributed by atoms with E-state index in [0.717, 1.165) is 11.4 Å². The van der Waals surface area contributed by atoms with Gasteiger partial charge in [-0.3, -0.25) is 19.7 Å². The third kappa shape index (κ3) is 2.65. The number of fused-ring (bicyclic) bond motifs is 5. The van der Waals surface area contributed by atoms with E-state index in [4.69, 9.17) is 9.47 Å². The highest BCUT2D eigenvalue weighted by molar-refractivity contribution is 6.06. The highest BCUT2D eigenvalue weighted by atomic mass is 16.6. The topological polar surface area (TPSA) is 111 Å². The molecule has 4 unspecified atom stereocenters. The summed E-state index contributed by atoms with van der Waals surface area (Å²) in [4.78, 5) is 36.1. The Balaban J connectivity index is 1.64. The molecule has 1 aromatic carbocycles. The molecule has 2 amide bonds. The zero-order valence-electron chi connectivity index (χ0n) is 15.4. The molecule has 0 radical (unpaired) electrons. The second kappa shape index (κ2) is 6.74. The van der Waals surface area contributed by atoms with Gasteiger partial charge in [-0.25, -0.2) is 0 Å². The first kappa shape index (κ1) is 18.1. The number of amides is 2. The van der Waals surface area contributed by atoms with Crippen LogP contribution in [0, 0.1) is 33.8 Å². The van der Waals surface area contributed by atoms with E-state index in [1.54, 1.807) is 6.92 Å². The van der Waals surface area contributed by atoms with Crippen molar-refractivity contribution in [3.8, 4) is 11.5 Å². The van der Waals surface area contributed by atoms with Gasteiger partial charge >= 0.3 is 5.69 Å². The Bertz CT molecular complexity index is 894. The van der Waals surface area contributed by atoms with E-state index in [0.29, 0.717) is 5.56 Å². The van der Waals surface area contributed by atoms with Crippen molar-refractivity contribution in [1.29, 1.82) is 0 Å². The van der Waals surface area contributed by atoms with Crippen LogP contribution in [-0.2, 0) is 9.59 Å². The number of carbonyl (C=O) groups excluding carboxylic acids is 2. The molecule has 9 heteroatoms. The van der Waals surface area contributed by atoms with Crippen molar-refractivity contribution >= 4 is 23.7 Å². The van der Waals surface area contributed by atoms with E-state index >= 15 is 0 Å². The predicted octanol–water partition coefficient (Wildman–Crippen LogP) is 2.14. The second-order valence-electron chi connectivity index (χ2n) is 6.99. The zero-order chi connectivity index (χ0) is 20.0. The van der Waals surface area contributed by atoms with Gasteiger partial charge in [-0.05, 0) is 31.2 Å². The third-order valence-corrected chi connectivity index (χ3v) is 5.53. The molecule has 1 aliphatic heterocycles.